The molecular weight excluding hydrogens is 344 g/mol. The Morgan fingerprint density at radius 2 is 2.04 bits per heavy atom. The van der Waals surface area contributed by atoms with Crippen molar-refractivity contribution in [3.8, 4) is 0 Å². The number of nitrogens with one attached hydrogen (secondary N) is 1. The summed E-state index contributed by atoms with van der Waals surface area (Å²) in [5.41, 5.74) is 1.52. The summed E-state index contributed by atoms with van der Waals surface area (Å²) in [6.45, 7) is 6.07. The Morgan fingerprint density at radius 1 is 1.33 bits per heavy atom. The maximum atomic E-state index is 12.4. The first-order valence-electron chi connectivity index (χ1n) is 7.58. The molecule has 128 valence electrons. The number of carbonyl (C=O) groups excluding carboxylic acids is 1. The van der Waals surface area contributed by atoms with Gasteiger partial charge in [-0.25, -0.2) is 4.98 Å². The standard InChI is InChI=1S/C17H20N2O3S2/c1-10-14(24-12(3)19-10)8-9-18-16(20)13-6-4-5-7-15(13)23-11(2)17(21)22/h4-7,11H,8-9H2,1-3H3,(H,18,20)(H,21,22). The molecule has 1 unspecified atom stereocenters. The number of nitrogens with zero attached hydrogens (tertiary/aromatic N) is 1. The minimum Gasteiger partial charge on any atom is -0.480 e. The van der Waals surface area contributed by atoms with Gasteiger partial charge in [-0.3, -0.25) is 9.59 Å². The Bertz CT molecular complexity index is 743. The molecule has 0 spiro atoms. The second-order valence-corrected chi connectivity index (χ2v) is 8.01. The molecule has 0 saturated carbocycles. The van der Waals surface area contributed by atoms with Crippen molar-refractivity contribution in [3.05, 3.63) is 45.4 Å². The number of carboxylic acids is 1. The van der Waals surface area contributed by atoms with E-state index in [-0.39, 0.29) is 5.91 Å². The van der Waals surface area contributed by atoms with Gasteiger partial charge in [0, 0.05) is 22.7 Å². The van der Waals surface area contributed by atoms with E-state index in [0.717, 1.165) is 17.1 Å². The second kappa shape index (κ2) is 8.30. The predicted molar refractivity (Wildman–Crippen MR) is 97.0 cm³/mol. The van der Waals surface area contributed by atoms with Crippen molar-refractivity contribution in [2.75, 3.05) is 6.54 Å². The van der Waals surface area contributed by atoms with Gasteiger partial charge in [-0.1, -0.05) is 12.1 Å². The van der Waals surface area contributed by atoms with Crippen LogP contribution in [0.15, 0.2) is 29.2 Å². The maximum Gasteiger partial charge on any atom is 0.316 e. The first-order valence-corrected chi connectivity index (χ1v) is 9.27. The first-order chi connectivity index (χ1) is 11.4. The van der Waals surface area contributed by atoms with Crippen LogP contribution in [0.4, 0.5) is 0 Å². The van der Waals surface area contributed by atoms with Crippen LogP contribution in [0, 0.1) is 13.8 Å². The van der Waals surface area contributed by atoms with E-state index in [4.69, 9.17) is 5.11 Å². The van der Waals surface area contributed by atoms with Gasteiger partial charge in [-0.05, 0) is 32.9 Å². The lowest BCUT2D eigenvalue weighted by Crippen LogP contribution is -2.26. The van der Waals surface area contributed by atoms with E-state index < -0.39 is 11.2 Å². The zero-order valence-corrected chi connectivity index (χ0v) is 15.5. The van der Waals surface area contributed by atoms with Crippen LogP contribution in [0.2, 0.25) is 0 Å². The number of aromatic nitrogens is 1. The minimum atomic E-state index is -0.897. The number of aliphatic carboxylic acids is 1. The van der Waals surface area contributed by atoms with E-state index in [1.165, 1.54) is 16.6 Å². The number of hydrogen-bond donors (Lipinski definition) is 2. The van der Waals surface area contributed by atoms with E-state index in [2.05, 4.69) is 10.3 Å². The van der Waals surface area contributed by atoms with Crippen molar-refractivity contribution < 1.29 is 14.7 Å². The Labute approximate surface area is 149 Å². The monoisotopic (exact) mass is 364 g/mol. The van der Waals surface area contributed by atoms with Crippen LogP contribution in [0.1, 0.15) is 32.9 Å². The first kappa shape index (κ1) is 18.5. The van der Waals surface area contributed by atoms with Crippen molar-refractivity contribution in [1.82, 2.24) is 10.3 Å². The number of carbonyl (C=O) groups is 2. The van der Waals surface area contributed by atoms with E-state index in [1.54, 1.807) is 42.5 Å². The summed E-state index contributed by atoms with van der Waals surface area (Å²) in [4.78, 5) is 29.7. The number of aryl methyl sites for hydroxylation is 2. The van der Waals surface area contributed by atoms with Gasteiger partial charge in [-0.15, -0.1) is 23.1 Å². The smallest absolute Gasteiger partial charge is 0.316 e. The van der Waals surface area contributed by atoms with Crippen LogP contribution in [0.5, 0.6) is 0 Å². The summed E-state index contributed by atoms with van der Waals surface area (Å²) in [7, 11) is 0. The molecule has 0 aliphatic carbocycles. The third-order valence-electron chi connectivity index (χ3n) is 3.42. The van der Waals surface area contributed by atoms with Crippen molar-refractivity contribution in [2.45, 2.75) is 37.3 Å². The summed E-state index contributed by atoms with van der Waals surface area (Å²) < 4.78 is 0. The molecule has 1 amide bonds. The van der Waals surface area contributed by atoms with Crippen LogP contribution in [0.25, 0.3) is 0 Å². The number of benzene rings is 1. The molecule has 2 rings (SSSR count). The summed E-state index contributed by atoms with van der Waals surface area (Å²) >= 11 is 2.82. The molecule has 1 heterocycles. The molecule has 1 aromatic carbocycles. The Hall–Kier alpha value is -1.86. The normalized spacial score (nSPS) is 12.0. The average molecular weight is 364 g/mol. The van der Waals surface area contributed by atoms with Crippen molar-refractivity contribution >= 4 is 35.0 Å². The number of hydrogen-bond acceptors (Lipinski definition) is 5. The largest absolute Gasteiger partial charge is 0.480 e. The number of amides is 1. The highest BCUT2D eigenvalue weighted by molar-refractivity contribution is 8.00. The van der Waals surface area contributed by atoms with Gasteiger partial charge in [0.05, 0.1) is 16.3 Å². The molecule has 0 radical (unpaired) electrons. The van der Waals surface area contributed by atoms with Crippen LogP contribution < -0.4 is 5.32 Å². The number of thiazole rings is 1. The number of thioether (sulfide) groups is 1. The van der Waals surface area contributed by atoms with Gasteiger partial charge < -0.3 is 10.4 Å². The lowest BCUT2D eigenvalue weighted by atomic mass is 10.2. The lowest BCUT2D eigenvalue weighted by Gasteiger charge is -2.11. The Kier molecular flexibility index (Phi) is 6.39. The number of rotatable bonds is 7. The van der Waals surface area contributed by atoms with Crippen LogP contribution in [0.3, 0.4) is 0 Å². The molecule has 1 aromatic heterocycles. The van der Waals surface area contributed by atoms with E-state index >= 15 is 0 Å². The third kappa shape index (κ3) is 4.82. The number of carboxylic acid groups (broad SMARTS) is 1. The van der Waals surface area contributed by atoms with Gasteiger partial charge in [0.2, 0.25) is 0 Å². The molecular formula is C17H20N2O3S2. The SMILES string of the molecule is Cc1nc(C)c(CCNC(=O)c2ccccc2SC(C)C(=O)O)s1. The van der Waals surface area contributed by atoms with Gasteiger partial charge in [-0.2, -0.15) is 0 Å². The van der Waals surface area contributed by atoms with Gasteiger partial charge in [0.25, 0.3) is 5.91 Å². The topological polar surface area (TPSA) is 79.3 Å². The van der Waals surface area contributed by atoms with Crippen LogP contribution in [-0.2, 0) is 11.2 Å². The molecule has 0 fully saturated rings. The second-order valence-electron chi connectivity index (χ2n) is 5.34. The zero-order valence-electron chi connectivity index (χ0n) is 13.8. The van der Waals surface area contributed by atoms with Crippen molar-refractivity contribution in [2.24, 2.45) is 0 Å². The molecule has 7 heteroatoms. The quantitative estimate of drug-likeness (QED) is 0.737. The van der Waals surface area contributed by atoms with E-state index in [0.29, 0.717) is 17.0 Å². The van der Waals surface area contributed by atoms with Gasteiger partial charge >= 0.3 is 5.97 Å². The Balaban J connectivity index is 1.99. The molecule has 24 heavy (non-hydrogen) atoms. The highest BCUT2D eigenvalue weighted by atomic mass is 32.2. The molecule has 0 bridgehead atoms. The lowest BCUT2D eigenvalue weighted by molar-refractivity contribution is -0.136. The molecule has 0 saturated heterocycles. The Morgan fingerprint density at radius 3 is 2.67 bits per heavy atom. The fraction of sp³-hybridized carbons (Fsp3) is 0.353. The average Bonchev–Trinajstić information content (AvgIpc) is 2.85. The molecule has 1 atom stereocenters. The molecule has 2 aromatic rings. The summed E-state index contributed by atoms with van der Waals surface area (Å²) in [5.74, 6) is -1.08. The third-order valence-corrected chi connectivity index (χ3v) is 5.72. The highest BCUT2D eigenvalue weighted by Gasteiger charge is 2.17. The highest BCUT2D eigenvalue weighted by Crippen LogP contribution is 2.27. The van der Waals surface area contributed by atoms with Crippen LogP contribution >= 0.6 is 23.1 Å². The fourth-order valence-corrected chi connectivity index (χ4v) is 4.05. The van der Waals surface area contributed by atoms with E-state index in [1.807, 2.05) is 13.8 Å². The zero-order chi connectivity index (χ0) is 17.7. The van der Waals surface area contributed by atoms with Gasteiger partial charge in [0.1, 0.15) is 5.25 Å². The summed E-state index contributed by atoms with van der Waals surface area (Å²) in [6, 6.07) is 7.07. The predicted octanol–water partition coefficient (Wildman–Crippen LogP) is 3.30. The summed E-state index contributed by atoms with van der Waals surface area (Å²) in [5, 5.41) is 12.4. The van der Waals surface area contributed by atoms with Crippen molar-refractivity contribution in [1.29, 1.82) is 0 Å². The minimum absolute atomic E-state index is 0.186. The van der Waals surface area contributed by atoms with Crippen molar-refractivity contribution in [3.63, 3.8) is 0 Å². The molecule has 5 nitrogen and oxygen atoms in total. The van der Waals surface area contributed by atoms with E-state index in [9.17, 15) is 9.59 Å². The molecule has 0 aliphatic heterocycles. The summed E-state index contributed by atoms with van der Waals surface area (Å²) in [6.07, 6.45) is 0.740. The maximum absolute atomic E-state index is 12.4. The molecule has 0 aliphatic rings. The fourth-order valence-electron chi connectivity index (χ4n) is 2.19. The van der Waals surface area contributed by atoms with Crippen LogP contribution in [-0.4, -0.2) is 33.8 Å². The van der Waals surface area contributed by atoms with Gasteiger partial charge in [0.15, 0.2) is 0 Å². The molecule has 2 N–H and O–H groups in total.